The summed E-state index contributed by atoms with van der Waals surface area (Å²) in [6.07, 6.45) is -2.58. The van der Waals surface area contributed by atoms with E-state index in [0.717, 1.165) is 28.1 Å². The van der Waals surface area contributed by atoms with Crippen molar-refractivity contribution in [2.45, 2.75) is 46.4 Å². The van der Waals surface area contributed by atoms with Gasteiger partial charge in [0.15, 0.2) is 11.0 Å². The highest BCUT2D eigenvalue weighted by Crippen LogP contribution is 2.33. The van der Waals surface area contributed by atoms with Crippen LogP contribution in [0.3, 0.4) is 0 Å². The van der Waals surface area contributed by atoms with Crippen LogP contribution in [0.15, 0.2) is 78.0 Å². The number of thioether (sulfide) groups is 1. The number of rotatable bonds is 9. The molecule has 13 heteroatoms. The molecule has 5 rings (SSSR count). The van der Waals surface area contributed by atoms with Gasteiger partial charge in [0.05, 0.1) is 5.69 Å². The number of carbonyl (C=O) groups is 1. The number of aromatic nitrogens is 3. The first-order valence-corrected chi connectivity index (χ1v) is 15.7. The Labute approximate surface area is 268 Å². The highest BCUT2D eigenvalue weighted by Gasteiger charge is 2.31. The van der Waals surface area contributed by atoms with Crippen LogP contribution in [-0.2, 0) is 6.42 Å². The van der Waals surface area contributed by atoms with Gasteiger partial charge < -0.3 is 15.0 Å². The highest BCUT2D eigenvalue weighted by molar-refractivity contribution is 8.14. The molecule has 1 aliphatic rings. The van der Waals surface area contributed by atoms with Gasteiger partial charge in [-0.15, -0.1) is 18.3 Å². The number of alkyl halides is 3. The maximum absolute atomic E-state index is 13.9. The molecule has 242 valence electrons. The van der Waals surface area contributed by atoms with Crippen molar-refractivity contribution in [1.82, 2.24) is 20.1 Å². The quantitative estimate of drug-likeness (QED) is 0.184. The van der Waals surface area contributed by atoms with E-state index in [4.69, 9.17) is 0 Å². The first-order valence-electron chi connectivity index (χ1n) is 14.7. The zero-order valence-electron chi connectivity index (χ0n) is 25.8. The minimum atomic E-state index is -4.76. The molecule has 0 unspecified atom stereocenters. The van der Waals surface area contributed by atoms with E-state index in [-0.39, 0.29) is 22.9 Å². The van der Waals surface area contributed by atoms with Crippen molar-refractivity contribution in [2.75, 3.05) is 23.7 Å². The van der Waals surface area contributed by atoms with E-state index in [2.05, 4.69) is 39.0 Å². The first kappa shape index (κ1) is 33.0. The Kier molecular flexibility index (Phi) is 9.71. The van der Waals surface area contributed by atoms with Gasteiger partial charge in [0, 0.05) is 30.1 Å². The van der Waals surface area contributed by atoms with Crippen molar-refractivity contribution < 1.29 is 27.1 Å². The third kappa shape index (κ3) is 8.45. The Hall–Kier alpha value is -4.39. The second kappa shape index (κ2) is 13.5. The fourth-order valence-corrected chi connectivity index (χ4v) is 6.05. The van der Waals surface area contributed by atoms with Crippen LogP contribution < -0.4 is 15.0 Å². The van der Waals surface area contributed by atoms with Crippen LogP contribution in [0, 0.1) is 11.2 Å². The Morgan fingerprint density at radius 1 is 1.07 bits per heavy atom. The predicted octanol–water partition coefficient (Wildman–Crippen LogP) is 7.98. The van der Waals surface area contributed by atoms with Gasteiger partial charge in [-0.2, -0.15) is 4.99 Å². The van der Waals surface area contributed by atoms with Gasteiger partial charge in [-0.25, -0.2) is 18.9 Å². The van der Waals surface area contributed by atoms with Crippen LogP contribution in [0.5, 0.6) is 5.75 Å². The lowest BCUT2D eigenvalue weighted by Crippen LogP contribution is -2.35. The Morgan fingerprint density at radius 2 is 1.78 bits per heavy atom. The van der Waals surface area contributed by atoms with Crippen LogP contribution >= 0.6 is 11.8 Å². The molecule has 1 aromatic heterocycles. The van der Waals surface area contributed by atoms with Gasteiger partial charge in [-0.05, 0) is 71.3 Å². The standard InChI is InChI=1S/C33H34F4N6O2S/c1-21(2)27-17-24(34)9-14-28(27)42-15-16-46-31(42)40-30(44)38-19-32(3,4)18-22-5-7-23(8-6-22)29-39-20-43(41-29)25-10-12-26(13-11-25)45-33(35,36)37/h5-14,17,20-21H,15-16,18-19H2,1-4H3,(H,38,44). The smallest absolute Gasteiger partial charge is 0.406 e. The van der Waals surface area contributed by atoms with E-state index >= 15 is 0 Å². The molecule has 0 bridgehead atoms. The van der Waals surface area contributed by atoms with Crippen LogP contribution in [0.25, 0.3) is 17.1 Å². The van der Waals surface area contributed by atoms with Crippen LogP contribution in [0.1, 0.15) is 44.7 Å². The second-order valence-electron chi connectivity index (χ2n) is 12.0. The average molecular weight is 655 g/mol. The molecule has 1 saturated heterocycles. The zero-order valence-corrected chi connectivity index (χ0v) is 26.6. The summed E-state index contributed by atoms with van der Waals surface area (Å²) < 4.78 is 56.6. The lowest BCUT2D eigenvalue weighted by Gasteiger charge is -2.25. The van der Waals surface area contributed by atoms with Gasteiger partial charge in [0.25, 0.3) is 0 Å². The average Bonchev–Trinajstić information content (AvgIpc) is 3.66. The molecule has 1 N–H and O–H groups in total. The number of nitrogens with zero attached hydrogens (tertiary/aromatic N) is 5. The van der Waals surface area contributed by atoms with Crippen molar-refractivity contribution in [1.29, 1.82) is 0 Å². The number of aliphatic imine (C=N–C) groups is 1. The number of amidine groups is 1. The number of hydrogen-bond acceptors (Lipinski definition) is 5. The fraction of sp³-hybridized carbons (Fsp3) is 0.333. The van der Waals surface area contributed by atoms with E-state index < -0.39 is 12.4 Å². The predicted molar refractivity (Wildman–Crippen MR) is 172 cm³/mol. The summed E-state index contributed by atoms with van der Waals surface area (Å²) in [5, 5.41) is 8.00. The molecular weight excluding hydrogens is 620 g/mol. The van der Waals surface area contributed by atoms with Crippen molar-refractivity contribution in [2.24, 2.45) is 10.4 Å². The van der Waals surface area contributed by atoms with Gasteiger partial charge in [0.1, 0.15) is 17.9 Å². The van der Waals surface area contributed by atoms with E-state index in [0.29, 0.717) is 36.2 Å². The Morgan fingerprint density at radius 3 is 2.46 bits per heavy atom. The molecule has 4 aromatic rings. The molecule has 1 aliphatic heterocycles. The number of benzene rings is 3. The molecule has 3 aromatic carbocycles. The van der Waals surface area contributed by atoms with Gasteiger partial charge in [-0.1, -0.05) is 63.7 Å². The fourth-order valence-electron chi connectivity index (χ4n) is 5.10. The Balaban J connectivity index is 1.17. The van der Waals surface area contributed by atoms with Crippen molar-refractivity contribution in [3.05, 3.63) is 90.0 Å². The number of ether oxygens (including phenoxy) is 1. The number of halogens is 4. The summed E-state index contributed by atoms with van der Waals surface area (Å²) in [6, 6.07) is 17.4. The number of amides is 2. The molecule has 0 spiro atoms. The van der Waals surface area contributed by atoms with E-state index in [1.165, 1.54) is 53.1 Å². The maximum Gasteiger partial charge on any atom is 0.573 e. The molecule has 0 saturated carbocycles. The minimum absolute atomic E-state index is 0.117. The second-order valence-corrected chi connectivity index (χ2v) is 13.1. The van der Waals surface area contributed by atoms with E-state index in [1.807, 2.05) is 43.0 Å². The molecule has 46 heavy (non-hydrogen) atoms. The van der Waals surface area contributed by atoms with Gasteiger partial charge in [-0.3, -0.25) is 0 Å². The molecular formula is C33H34F4N6O2S. The largest absolute Gasteiger partial charge is 0.573 e. The third-order valence-corrected chi connectivity index (χ3v) is 8.27. The van der Waals surface area contributed by atoms with E-state index in [9.17, 15) is 22.4 Å². The van der Waals surface area contributed by atoms with E-state index in [1.54, 1.807) is 12.1 Å². The molecule has 2 heterocycles. The summed E-state index contributed by atoms with van der Waals surface area (Å²) in [5.41, 5.74) is 3.84. The summed E-state index contributed by atoms with van der Waals surface area (Å²) in [7, 11) is 0. The number of anilines is 1. The van der Waals surface area contributed by atoms with Crippen LogP contribution in [0.4, 0.5) is 28.0 Å². The summed E-state index contributed by atoms with van der Waals surface area (Å²) >= 11 is 1.50. The van der Waals surface area contributed by atoms with Crippen molar-refractivity contribution in [3.8, 4) is 22.8 Å². The topological polar surface area (TPSA) is 84.6 Å². The lowest BCUT2D eigenvalue weighted by molar-refractivity contribution is -0.274. The Bertz CT molecular complexity index is 1700. The number of urea groups is 1. The first-order chi connectivity index (χ1) is 21.8. The summed E-state index contributed by atoms with van der Waals surface area (Å²) in [6.45, 7) is 9.24. The van der Waals surface area contributed by atoms with Gasteiger partial charge in [0.2, 0.25) is 0 Å². The maximum atomic E-state index is 13.9. The molecule has 1 fully saturated rings. The SMILES string of the molecule is CC(C)c1cc(F)ccc1N1CCSC1=NC(=O)NCC(C)(C)Cc1ccc(-c2ncn(-c3ccc(OC(F)(F)F)cc3)n2)cc1. The summed E-state index contributed by atoms with van der Waals surface area (Å²) in [4.78, 5) is 23.5. The number of nitrogens with one attached hydrogen (secondary N) is 1. The summed E-state index contributed by atoms with van der Waals surface area (Å²) in [5.74, 6) is 0.764. The molecule has 0 radical (unpaired) electrons. The highest BCUT2D eigenvalue weighted by atomic mass is 32.2. The van der Waals surface area contributed by atoms with Crippen LogP contribution in [0.2, 0.25) is 0 Å². The number of hydrogen-bond donors (Lipinski definition) is 1. The molecule has 2 amide bonds. The van der Waals surface area contributed by atoms with Crippen molar-refractivity contribution in [3.63, 3.8) is 0 Å². The zero-order chi connectivity index (χ0) is 33.1. The molecule has 0 aliphatic carbocycles. The van der Waals surface area contributed by atoms with Gasteiger partial charge >= 0.3 is 12.4 Å². The third-order valence-electron chi connectivity index (χ3n) is 7.32. The molecule has 8 nitrogen and oxygen atoms in total. The monoisotopic (exact) mass is 654 g/mol. The molecule has 0 atom stereocenters. The van der Waals surface area contributed by atoms with Crippen LogP contribution in [-0.4, -0.2) is 51.2 Å². The minimum Gasteiger partial charge on any atom is -0.406 e. The van der Waals surface area contributed by atoms with Crippen molar-refractivity contribution >= 4 is 28.6 Å². The normalized spacial score (nSPS) is 14.7. The lowest BCUT2D eigenvalue weighted by atomic mass is 9.85. The number of carbonyl (C=O) groups excluding carboxylic acids is 1.